The highest BCUT2D eigenvalue weighted by Gasteiger charge is 2.20. The Hall–Kier alpha value is -1.57. The van der Waals surface area contributed by atoms with Crippen LogP contribution in [-0.2, 0) is 15.9 Å². The highest BCUT2D eigenvalue weighted by molar-refractivity contribution is 5.80. The van der Waals surface area contributed by atoms with Crippen molar-refractivity contribution in [2.45, 2.75) is 44.2 Å². The lowest BCUT2D eigenvalue weighted by Crippen LogP contribution is -2.49. The molecule has 152 valence electrons. The lowest BCUT2D eigenvalue weighted by molar-refractivity contribution is 0.117. The van der Waals surface area contributed by atoms with E-state index in [9.17, 15) is 0 Å². The molecule has 7 heteroatoms. The molecule has 27 heavy (non-hydrogen) atoms. The number of hydrogen-bond donors (Lipinski definition) is 2. The van der Waals surface area contributed by atoms with Gasteiger partial charge < -0.3 is 29.4 Å². The molecular weight excluding hydrogens is 344 g/mol. The van der Waals surface area contributed by atoms with Gasteiger partial charge in [0.25, 0.3) is 0 Å². The summed E-state index contributed by atoms with van der Waals surface area (Å²) in [5.41, 5.74) is 0. The van der Waals surface area contributed by atoms with Crippen LogP contribution in [0.3, 0.4) is 0 Å². The van der Waals surface area contributed by atoms with Crippen LogP contribution in [0.2, 0.25) is 0 Å². The van der Waals surface area contributed by atoms with E-state index >= 15 is 0 Å². The molecule has 2 N–H and O–H groups in total. The fraction of sp³-hybridized carbons (Fsp3) is 0.750. The molecule has 0 bridgehead atoms. The number of nitrogens with one attached hydrogen (secondary N) is 2. The topological polar surface area (TPSA) is 71.3 Å². The van der Waals surface area contributed by atoms with E-state index in [2.05, 4.69) is 15.5 Å². The standard InChI is InChI=1S/C20H34N4O3/c1-25-15-12-24-10-7-17(8-11-24)23-20(22-16-19-5-3-14-27-19)21-9-6-18-4-2-13-26-18/h2,4,13,17,19H,3,5-12,14-16H2,1H3,(H2,21,22,23). The van der Waals surface area contributed by atoms with E-state index in [1.54, 1.807) is 13.4 Å². The molecule has 2 saturated heterocycles. The Balaban J connectivity index is 1.45. The molecule has 7 nitrogen and oxygen atoms in total. The van der Waals surface area contributed by atoms with E-state index in [0.29, 0.717) is 6.04 Å². The number of piperidine rings is 1. The zero-order valence-electron chi connectivity index (χ0n) is 16.5. The molecule has 2 aliphatic rings. The molecule has 0 aromatic carbocycles. The smallest absolute Gasteiger partial charge is 0.191 e. The highest BCUT2D eigenvalue weighted by atomic mass is 16.5. The van der Waals surface area contributed by atoms with Crippen molar-refractivity contribution in [3.63, 3.8) is 0 Å². The number of hydrogen-bond acceptors (Lipinski definition) is 5. The summed E-state index contributed by atoms with van der Waals surface area (Å²) in [5.74, 6) is 1.89. The molecule has 0 saturated carbocycles. The van der Waals surface area contributed by atoms with Gasteiger partial charge in [0.05, 0.1) is 25.5 Å². The number of rotatable bonds is 9. The Labute approximate surface area is 162 Å². The van der Waals surface area contributed by atoms with Crippen LogP contribution in [-0.4, -0.2) is 76.1 Å². The first-order valence-corrected chi connectivity index (χ1v) is 10.2. The molecule has 1 atom stereocenters. The first-order chi connectivity index (χ1) is 13.3. The molecular formula is C20H34N4O3. The van der Waals surface area contributed by atoms with Gasteiger partial charge in [0, 0.05) is 52.4 Å². The van der Waals surface area contributed by atoms with Crippen LogP contribution in [0.4, 0.5) is 0 Å². The van der Waals surface area contributed by atoms with E-state index < -0.39 is 0 Å². The second-order valence-corrected chi connectivity index (χ2v) is 7.33. The summed E-state index contributed by atoms with van der Waals surface area (Å²) in [4.78, 5) is 7.26. The molecule has 0 spiro atoms. The van der Waals surface area contributed by atoms with Gasteiger partial charge in [-0.3, -0.25) is 4.99 Å². The summed E-state index contributed by atoms with van der Waals surface area (Å²) in [6, 6.07) is 4.40. The lowest BCUT2D eigenvalue weighted by Gasteiger charge is -2.33. The Morgan fingerprint density at radius 1 is 1.33 bits per heavy atom. The largest absolute Gasteiger partial charge is 0.469 e. The minimum Gasteiger partial charge on any atom is -0.469 e. The van der Waals surface area contributed by atoms with Crippen LogP contribution in [0.1, 0.15) is 31.4 Å². The van der Waals surface area contributed by atoms with Gasteiger partial charge in [0.2, 0.25) is 0 Å². The average molecular weight is 379 g/mol. The third-order valence-corrected chi connectivity index (χ3v) is 5.26. The van der Waals surface area contributed by atoms with Crippen LogP contribution in [0, 0.1) is 0 Å². The van der Waals surface area contributed by atoms with Gasteiger partial charge >= 0.3 is 0 Å². The van der Waals surface area contributed by atoms with Crippen LogP contribution >= 0.6 is 0 Å². The normalized spacial score (nSPS) is 22.3. The summed E-state index contributed by atoms with van der Waals surface area (Å²) >= 11 is 0. The lowest BCUT2D eigenvalue weighted by atomic mass is 10.1. The maximum absolute atomic E-state index is 5.71. The van der Waals surface area contributed by atoms with Crippen LogP contribution in [0.25, 0.3) is 0 Å². The van der Waals surface area contributed by atoms with Gasteiger partial charge in [0.15, 0.2) is 5.96 Å². The quantitative estimate of drug-likeness (QED) is 0.503. The number of methoxy groups -OCH3 is 1. The minimum absolute atomic E-state index is 0.268. The molecule has 1 unspecified atom stereocenters. The van der Waals surface area contributed by atoms with E-state index in [1.807, 2.05) is 12.1 Å². The monoisotopic (exact) mass is 378 g/mol. The summed E-state index contributed by atoms with van der Waals surface area (Å²) < 4.78 is 16.3. The van der Waals surface area contributed by atoms with Crippen molar-refractivity contribution < 1.29 is 13.9 Å². The first-order valence-electron chi connectivity index (χ1n) is 10.2. The SMILES string of the molecule is COCCN1CCC(NC(=NCC2CCCO2)NCCc2ccco2)CC1. The number of guanidine groups is 1. The number of nitrogens with zero attached hydrogens (tertiary/aromatic N) is 2. The minimum atomic E-state index is 0.268. The summed E-state index contributed by atoms with van der Waals surface area (Å²) in [6.07, 6.45) is 7.35. The van der Waals surface area contributed by atoms with Crippen molar-refractivity contribution in [3.8, 4) is 0 Å². The fourth-order valence-electron chi connectivity index (χ4n) is 3.61. The molecule has 2 aliphatic heterocycles. The van der Waals surface area contributed by atoms with Crippen molar-refractivity contribution in [2.75, 3.05) is 53.0 Å². The van der Waals surface area contributed by atoms with Crippen molar-refractivity contribution in [1.82, 2.24) is 15.5 Å². The molecule has 3 heterocycles. The van der Waals surface area contributed by atoms with Gasteiger partial charge in [-0.1, -0.05) is 0 Å². The van der Waals surface area contributed by atoms with Gasteiger partial charge in [-0.15, -0.1) is 0 Å². The second kappa shape index (κ2) is 11.3. The fourth-order valence-corrected chi connectivity index (χ4v) is 3.61. The second-order valence-electron chi connectivity index (χ2n) is 7.33. The Bertz CT molecular complexity index is 535. The van der Waals surface area contributed by atoms with Crippen LogP contribution in [0.5, 0.6) is 0 Å². The number of aliphatic imine (C=N–C) groups is 1. The van der Waals surface area contributed by atoms with E-state index in [1.165, 1.54) is 0 Å². The zero-order chi connectivity index (χ0) is 18.7. The number of furan rings is 1. The van der Waals surface area contributed by atoms with E-state index in [0.717, 1.165) is 89.8 Å². The first kappa shape index (κ1) is 20.2. The third-order valence-electron chi connectivity index (χ3n) is 5.26. The maximum Gasteiger partial charge on any atom is 0.191 e. The molecule has 0 aliphatic carbocycles. The highest BCUT2D eigenvalue weighted by Crippen LogP contribution is 2.13. The third kappa shape index (κ3) is 7.16. The predicted octanol–water partition coefficient (Wildman–Crippen LogP) is 1.65. The maximum atomic E-state index is 5.71. The summed E-state index contributed by atoms with van der Waals surface area (Å²) in [7, 11) is 1.76. The summed E-state index contributed by atoms with van der Waals surface area (Å²) in [5, 5.41) is 7.10. The zero-order valence-corrected chi connectivity index (χ0v) is 16.5. The van der Waals surface area contributed by atoms with Gasteiger partial charge in [0.1, 0.15) is 5.76 Å². The van der Waals surface area contributed by atoms with Crippen molar-refractivity contribution >= 4 is 5.96 Å². The molecule has 1 aromatic rings. The van der Waals surface area contributed by atoms with E-state index in [-0.39, 0.29) is 6.10 Å². The van der Waals surface area contributed by atoms with Crippen molar-refractivity contribution in [3.05, 3.63) is 24.2 Å². The molecule has 0 radical (unpaired) electrons. The van der Waals surface area contributed by atoms with Gasteiger partial charge in [-0.05, 0) is 37.8 Å². The Kier molecular flexibility index (Phi) is 8.45. The Morgan fingerprint density at radius 3 is 2.93 bits per heavy atom. The number of likely N-dealkylation sites (tertiary alicyclic amines) is 1. The van der Waals surface area contributed by atoms with Gasteiger partial charge in [-0.2, -0.15) is 0 Å². The number of ether oxygens (including phenoxy) is 2. The Morgan fingerprint density at radius 2 is 2.22 bits per heavy atom. The predicted molar refractivity (Wildman–Crippen MR) is 106 cm³/mol. The molecule has 0 amide bonds. The molecule has 3 rings (SSSR count). The molecule has 1 aromatic heterocycles. The van der Waals surface area contributed by atoms with Crippen molar-refractivity contribution in [2.24, 2.45) is 4.99 Å². The summed E-state index contributed by atoms with van der Waals surface area (Å²) in [6.45, 7) is 6.43. The van der Waals surface area contributed by atoms with Crippen molar-refractivity contribution in [1.29, 1.82) is 0 Å². The molecule has 2 fully saturated rings. The van der Waals surface area contributed by atoms with E-state index in [4.69, 9.17) is 18.9 Å². The average Bonchev–Trinajstić information content (AvgIpc) is 3.39. The van der Waals surface area contributed by atoms with Crippen LogP contribution < -0.4 is 10.6 Å². The van der Waals surface area contributed by atoms with Gasteiger partial charge in [-0.25, -0.2) is 0 Å². The van der Waals surface area contributed by atoms with Crippen LogP contribution in [0.15, 0.2) is 27.8 Å².